The van der Waals surface area contributed by atoms with Crippen LogP contribution in [0.2, 0.25) is 0 Å². The zero-order valence-corrected chi connectivity index (χ0v) is 12.1. The molecule has 0 aromatic heterocycles. The van der Waals surface area contributed by atoms with Crippen molar-refractivity contribution in [2.75, 3.05) is 11.9 Å². The summed E-state index contributed by atoms with van der Waals surface area (Å²) in [7, 11) is 0. The van der Waals surface area contributed by atoms with Crippen molar-refractivity contribution < 1.29 is 19.1 Å². The summed E-state index contributed by atoms with van der Waals surface area (Å²) in [6.45, 7) is -0.276. The number of urea groups is 1. The third-order valence-electron chi connectivity index (χ3n) is 3.42. The van der Waals surface area contributed by atoms with Gasteiger partial charge in [0.25, 0.3) is 0 Å². The maximum absolute atomic E-state index is 12.0. The van der Waals surface area contributed by atoms with Crippen molar-refractivity contribution in [1.29, 1.82) is 0 Å². The van der Waals surface area contributed by atoms with E-state index >= 15 is 0 Å². The molecule has 2 rings (SSSR count). The number of benzene rings is 1. The third-order valence-corrected chi connectivity index (χ3v) is 3.42. The zero-order valence-electron chi connectivity index (χ0n) is 12.1. The lowest BCUT2D eigenvalue weighted by molar-refractivity contribution is -0.147. The minimum absolute atomic E-state index is 0.153. The Morgan fingerprint density at radius 2 is 1.91 bits per heavy atom. The van der Waals surface area contributed by atoms with Crippen LogP contribution < -0.4 is 11.1 Å². The van der Waals surface area contributed by atoms with E-state index in [1.54, 1.807) is 24.3 Å². The summed E-state index contributed by atoms with van der Waals surface area (Å²) in [5, 5.41) is 2.40. The SMILES string of the molecule is NC(=O)Nc1ccc(C(=O)COC(=O)[C@@H]2CC=CCC2)cc1. The number of allylic oxidation sites excluding steroid dienone is 2. The molecule has 0 unspecified atom stereocenters. The highest BCUT2D eigenvalue weighted by Crippen LogP contribution is 2.19. The Kier molecular flexibility index (Phi) is 5.30. The van der Waals surface area contributed by atoms with Gasteiger partial charge in [0, 0.05) is 11.3 Å². The van der Waals surface area contributed by atoms with Gasteiger partial charge in [-0.3, -0.25) is 9.59 Å². The number of rotatable bonds is 5. The molecule has 6 nitrogen and oxygen atoms in total. The molecule has 1 aliphatic carbocycles. The van der Waals surface area contributed by atoms with E-state index in [4.69, 9.17) is 10.5 Å². The second-order valence-corrected chi connectivity index (χ2v) is 5.08. The fraction of sp³-hybridized carbons (Fsp3) is 0.312. The smallest absolute Gasteiger partial charge is 0.316 e. The maximum atomic E-state index is 12.0. The first-order valence-electron chi connectivity index (χ1n) is 7.07. The van der Waals surface area contributed by atoms with E-state index in [0.29, 0.717) is 17.7 Å². The quantitative estimate of drug-likeness (QED) is 0.495. The molecule has 0 bridgehead atoms. The number of hydrogen-bond donors (Lipinski definition) is 2. The first-order valence-corrected chi connectivity index (χ1v) is 7.07. The van der Waals surface area contributed by atoms with Gasteiger partial charge in [0.2, 0.25) is 0 Å². The lowest BCUT2D eigenvalue weighted by Crippen LogP contribution is -2.22. The number of ether oxygens (including phenoxy) is 1. The Bertz CT molecular complexity index is 593. The second kappa shape index (κ2) is 7.40. The van der Waals surface area contributed by atoms with E-state index in [-0.39, 0.29) is 24.3 Å². The molecule has 0 heterocycles. The number of primary amides is 1. The van der Waals surface area contributed by atoms with Crippen LogP contribution in [0.4, 0.5) is 10.5 Å². The monoisotopic (exact) mass is 302 g/mol. The molecule has 2 amide bonds. The van der Waals surface area contributed by atoms with Crippen molar-refractivity contribution in [3.05, 3.63) is 42.0 Å². The van der Waals surface area contributed by atoms with Gasteiger partial charge in [0.05, 0.1) is 5.92 Å². The number of amides is 2. The molecular weight excluding hydrogens is 284 g/mol. The van der Waals surface area contributed by atoms with Crippen LogP contribution in [0.5, 0.6) is 0 Å². The summed E-state index contributed by atoms with van der Waals surface area (Å²) in [6, 6.07) is 5.54. The van der Waals surface area contributed by atoms with Gasteiger partial charge in [-0.05, 0) is 43.5 Å². The number of carbonyl (C=O) groups is 3. The lowest BCUT2D eigenvalue weighted by atomic mass is 9.95. The van der Waals surface area contributed by atoms with Crippen LogP contribution in [0.15, 0.2) is 36.4 Å². The van der Waals surface area contributed by atoms with E-state index < -0.39 is 6.03 Å². The molecule has 1 aromatic carbocycles. The van der Waals surface area contributed by atoms with Gasteiger partial charge in [-0.2, -0.15) is 0 Å². The molecule has 0 saturated carbocycles. The Balaban J connectivity index is 1.85. The fourth-order valence-corrected chi connectivity index (χ4v) is 2.23. The summed E-state index contributed by atoms with van der Waals surface area (Å²) in [4.78, 5) is 34.5. The topological polar surface area (TPSA) is 98.5 Å². The van der Waals surface area contributed by atoms with Crippen LogP contribution in [-0.2, 0) is 9.53 Å². The molecular formula is C16H18N2O4. The molecule has 0 aliphatic heterocycles. The van der Waals surface area contributed by atoms with Crippen LogP contribution >= 0.6 is 0 Å². The highest BCUT2D eigenvalue weighted by molar-refractivity contribution is 5.98. The molecule has 6 heteroatoms. The van der Waals surface area contributed by atoms with Gasteiger partial charge in [0.1, 0.15) is 0 Å². The number of ketones is 1. The molecule has 0 radical (unpaired) electrons. The highest BCUT2D eigenvalue weighted by atomic mass is 16.5. The summed E-state index contributed by atoms with van der Waals surface area (Å²) < 4.78 is 5.08. The van der Waals surface area contributed by atoms with Crippen molar-refractivity contribution in [3.63, 3.8) is 0 Å². The van der Waals surface area contributed by atoms with E-state index in [0.717, 1.165) is 12.8 Å². The number of hydrogen-bond acceptors (Lipinski definition) is 4. The van der Waals surface area contributed by atoms with Crippen molar-refractivity contribution >= 4 is 23.5 Å². The van der Waals surface area contributed by atoms with Crippen molar-refractivity contribution in [2.45, 2.75) is 19.3 Å². The van der Waals surface area contributed by atoms with Gasteiger partial charge in [-0.15, -0.1) is 0 Å². The predicted octanol–water partition coefficient (Wildman–Crippen LogP) is 2.26. The molecule has 1 aliphatic rings. The van der Waals surface area contributed by atoms with Gasteiger partial charge in [-0.25, -0.2) is 4.79 Å². The highest BCUT2D eigenvalue weighted by Gasteiger charge is 2.21. The summed E-state index contributed by atoms with van der Waals surface area (Å²) >= 11 is 0. The zero-order chi connectivity index (χ0) is 15.9. The number of nitrogens with one attached hydrogen (secondary N) is 1. The molecule has 0 spiro atoms. The average Bonchev–Trinajstić information content (AvgIpc) is 2.53. The first kappa shape index (κ1) is 15.8. The summed E-state index contributed by atoms with van der Waals surface area (Å²) in [5.74, 6) is -0.769. The minimum atomic E-state index is -0.672. The number of esters is 1. The number of anilines is 1. The van der Waals surface area contributed by atoms with E-state index in [1.165, 1.54) is 0 Å². The second-order valence-electron chi connectivity index (χ2n) is 5.08. The average molecular weight is 302 g/mol. The first-order chi connectivity index (χ1) is 10.6. The Labute approximate surface area is 128 Å². The Morgan fingerprint density at radius 1 is 1.18 bits per heavy atom. The number of carbonyl (C=O) groups excluding carboxylic acids is 3. The summed E-state index contributed by atoms with van der Waals surface area (Å²) in [5.41, 5.74) is 5.90. The van der Waals surface area contributed by atoms with Crippen LogP contribution in [0, 0.1) is 5.92 Å². The predicted molar refractivity (Wildman–Crippen MR) is 81.4 cm³/mol. The third kappa shape index (κ3) is 4.44. The maximum Gasteiger partial charge on any atom is 0.316 e. The molecule has 3 N–H and O–H groups in total. The van der Waals surface area contributed by atoms with E-state index in [2.05, 4.69) is 5.32 Å². The van der Waals surface area contributed by atoms with E-state index in [9.17, 15) is 14.4 Å². The van der Waals surface area contributed by atoms with Crippen molar-refractivity contribution in [1.82, 2.24) is 0 Å². The van der Waals surface area contributed by atoms with Crippen LogP contribution in [-0.4, -0.2) is 24.4 Å². The number of nitrogens with two attached hydrogens (primary N) is 1. The molecule has 1 atom stereocenters. The minimum Gasteiger partial charge on any atom is -0.457 e. The van der Waals surface area contributed by atoms with Gasteiger partial charge < -0.3 is 15.8 Å². The van der Waals surface area contributed by atoms with Gasteiger partial charge >= 0.3 is 12.0 Å². The number of Topliss-reactive ketones (excluding diaryl/α,β-unsaturated/α-hetero) is 1. The van der Waals surface area contributed by atoms with Crippen LogP contribution in [0.1, 0.15) is 29.6 Å². The molecule has 116 valence electrons. The van der Waals surface area contributed by atoms with Gasteiger partial charge in [-0.1, -0.05) is 12.2 Å². The van der Waals surface area contributed by atoms with Gasteiger partial charge in [0.15, 0.2) is 12.4 Å². The molecule has 0 saturated heterocycles. The molecule has 1 aromatic rings. The normalized spacial score (nSPS) is 16.8. The van der Waals surface area contributed by atoms with Crippen LogP contribution in [0.3, 0.4) is 0 Å². The Hall–Kier alpha value is -2.63. The Morgan fingerprint density at radius 3 is 2.50 bits per heavy atom. The lowest BCUT2D eigenvalue weighted by Gasteiger charge is -2.16. The van der Waals surface area contributed by atoms with Crippen LogP contribution in [0.25, 0.3) is 0 Å². The fourth-order valence-electron chi connectivity index (χ4n) is 2.23. The van der Waals surface area contributed by atoms with Crippen molar-refractivity contribution in [2.24, 2.45) is 11.7 Å². The van der Waals surface area contributed by atoms with E-state index in [1.807, 2.05) is 12.2 Å². The largest absolute Gasteiger partial charge is 0.457 e. The molecule has 22 heavy (non-hydrogen) atoms. The standard InChI is InChI=1S/C16H18N2O4/c17-16(21)18-13-8-6-11(7-9-13)14(19)10-22-15(20)12-4-2-1-3-5-12/h1-2,6-9,12H,3-5,10H2,(H3,17,18,21)/t12-/m1/s1. The molecule has 0 fully saturated rings. The summed E-state index contributed by atoms with van der Waals surface area (Å²) in [6.07, 6.45) is 6.29. The van der Waals surface area contributed by atoms with Crippen molar-refractivity contribution in [3.8, 4) is 0 Å².